The number of nitrogens with zero attached hydrogens (tertiary/aromatic N) is 1. The number of nitrogens with two attached hydrogens (primary N) is 1. The van der Waals surface area contributed by atoms with Crippen molar-refractivity contribution in [2.24, 2.45) is 5.73 Å². The summed E-state index contributed by atoms with van der Waals surface area (Å²) >= 11 is 0. The van der Waals surface area contributed by atoms with Crippen LogP contribution in [-0.4, -0.2) is 51.0 Å². The van der Waals surface area contributed by atoms with Crippen LogP contribution in [0.25, 0.3) is 0 Å². The van der Waals surface area contributed by atoms with Crippen LogP contribution in [-0.2, 0) is 4.74 Å². The van der Waals surface area contributed by atoms with E-state index in [1.807, 2.05) is 11.9 Å². The van der Waals surface area contributed by atoms with Crippen molar-refractivity contribution in [2.75, 3.05) is 39.9 Å². The second-order valence-electron chi connectivity index (χ2n) is 3.47. The van der Waals surface area contributed by atoms with Gasteiger partial charge in [-0.2, -0.15) is 13.2 Å². The molecule has 0 rings (SSSR count). The lowest BCUT2D eigenvalue weighted by molar-refractivity contribution is -0.174. The SMILES string of the molecule is CN(CCCN)CCCOCC(F)(F)F. The first-order valence-electron chi connectivity index (χ1n) is 4.99. The molecule has 0 aromatic carbocycles. The van der Waals surface area contributed by atoms with Crippen LogP contribution in [0.2, 0.25) is 0 Å². The molecular weight excluding hydrogens is 209 g/mol. The van der Waals surface area contributed by atoms with Crippen molar-refractivity contribution in [3.8, 4) is 0 Å². The quantitative estimate of drug-likeness (QED) is 0.635. The number of alkyl halides is 3. The molecule has 0 bridgehead atoms. The summed E-state index contributed by atoms with van der Waals surface area (Å²) in [6.45, 7) is 1.23. The van der Waals surface area contributed by atoms with E-state index in [1.165, 1.54) is 0 Å². The first-order valence-corrected chi connectivity index (χ1v) is 4.99. The Morgan fingerprint density at radius 1 is 1.20 bits per heavy atom. The van der Waals surface area contributed by atoms with Crippen LogP contribution in [0.15, 0.2) is 0 Å². The predicted molar refractivity (Wildman–Crippen MR) is 52.7 cm³/mol. The molecule has 0 saturated heterocycles. The number of ether oxygens (including phenoxy) is 1. The second-order valence-corrected chi connectivity index (χ2v) is 3.47. The first-order chi connectivity index (χ1) is 6.95. The minimum atomic E-state index is -4.22. The monoisotopic (exact) mass is 228 g/mol. The van der Waals surface area contributed by atoms with E-state index in [1.54, 1.807) is 0 Å². The summed E-state index contributed by atoms with van der Waals surface area (Å²) in [4.78, 5) is 2.03. The smallest absolute Gasteiger partial charge is 0.372 e. The van der Waals surface area contributed by atoms with E-state index >= 15 is 0 Å². The lowest BCUT2D eigenvalue weighted by atomic mass is 10.3. The number of hydrogen-bond donors (Lipinski definition) is 1. The van der Waals surface area contributed by atoms with E-state index in [2.05, 4.69) is 4.74 Å². The van der Waals surface area contributed by atoms with Crippen molar-refractivity contribution in [2.45, 2.75) is 19.0 Å². The molecule has 0 unspecified atom stereocenters. The molecule has 3 nitrogen and oxygen atoms in total. The maximum Gasteiger partial charge on any atom is 0.411 e. The van der Waals surface area contributed by atoms with Gasteiger partial charge in [-0.3, -0.25) is 0 Å². The Kier molecular flexibility index (Phi) is 7.72. The van der Waals surface area contributed by atoms with E-state index < -0.39 is 12.8 Å². The highest BCUT2D eigenvalue weighted by Gasteiger charge is 2.27. The van der Waals surface area contributed by atoms with E-state index in [4.69, 9.17) is 5.73 Å². The van der Waals surface area contributed by atoms with Crippen molar-refractivity contribution in [3.63, 3.8) is 0 Å². The predicted octanol–water partition coefficient (Wildman–Crippen LogP) is 1.24. The normalized spacial score (nSPS) is 12.4. The topological polar surface area (TPSA) is 38.5 Å². The summed E-state index contributed by atoms with van der Waals surface area (Å²) in [7, 11) is 1.92. The highest BCUT2D eigenvalue weighted by Crippen LogP contribution is 2.14. The molecule has 0 fully saturated rings. The highest BCUT2D eigenvalue weighted by molar-refractivity contribution is 4.52. The maximum atomic E-state index is 11.7. The van der Waals surface area contributed by atoms with Gasteiger partial charge in [0.1, 0.15) is 6.61 Å². The number of rotatable bonds is 8. The summed E-state index contributed by atoms with van der Waals surface area (Å²) in [5.74, 6) is 0. The summed E-state index contributed by atoms with van der Waals surface area (Å²) in [5.41, 5.74) is 5.32. The second kappa shape index (κ2) is 7.90. The zero-order chi connectivity index (χ0) is 11.7. The maximum absolute atomic E-state index is 11.7. The molecule has 15 heavy (non-hydrogen) atoms. The Bertz CT molecular complexity index is 153. The molecule has 2 N–H and O–H groups in total. The number of halogens is 3. The molecule has 0 radical (unpaired) electrons. The van der Waals surface area contributed by atoms with Gasteiger partial charge in [0.2, 0.25) is 0 Å². The van der Waals surface area contributed by atoms with Crippen LogP contribution in [0.4, 0.5) is 13.2 Å². The van der Waals surface area contributed by atoms with Crippen LogP contribution < -0.4 is 5.73 Å². The number of hydrogen-bond acceptors (Lipinski definition) is 3. The highest BCUT2D eigenvalue weighted by atomic mass is 19.4. The van der Waals surface area contributed by atoms with E-state index in [0.717, 1.165) is 19.5 Å². The molecule has 0 heterocycles. The minimum absolute atomic E-state index is 0.145. The molecule has 0 spiro atoms. The molecule has 92 valence electrons. The zero-order valence-electron chi connectivity index (χ0n) is 9.02. The Hall–Kier alpha value is -0.330. The Morgan fingerprint density at radius 2 is 1.80 bits per heavy atom. The molecule has 0 atom stereocenters. The zero-order valence-corrected chi connectivity index (χ0v) is 9.02. The molecule has 0 aliphatic rings. The molecular formula is C9H19F3N2O. The summed E-state index contributed by atoms with van der Waals surface area (Å²) in [5, 5.41) is 0. The Balaban J connectivity index is 3.23. The van der Waals surface area contributed by atoms with Crippen LogP contribution in [0.1, 0.15) is 12.8 Å². The molecule has 6 heteroatoms. The third-order valence-corrected chi connectivity index (χ3v) is 1.84. The molecule has 0 aliphatic heterocycles. The minimum Gasteiger partial charge on any atom is -0.372 e. The fraction of sp³-hybridized carbons (Fsp3) is 1.00. The van der Waals surface area contributed by atoms with Gasteiger partial charge < -0.3 is 15.4 Å². The lowest BCUT2D eigenvalue weighted by Crippen LogP contribution is -2.24. The summed E-state index contributed by atoms with van der Waals surface area (Å²) in [6, 6.07) is 0. The third kappa shape index (κ3) is 11.6. The molecule has 0 saturated carbocycles. The fourth-order valence-electron chi connectivity index (χ4n) is 1.10. The Labute approximate surface area is 88.4 Å². The fourth-order valence-corrected chi connectivity index (χ4v) is 1.10. The molecule has 0 aromatic heterocycles. The largest absolute Gasteiger partial charge is 0.411 e. The van der Waals surface area contributed by atoms with Crippen molar-refractivity contribution >= 4 is 0 Å². The standard InChI is InChI=1S/C9H19F3N2O/c1-14(5-2-4-13)6-3-7-15-8-9(10,11)12/h2-8,13H2,1H3. The molecule has 0 aromatic rings. The van der Waals surface area contributed by atoms with Crippen LogP contribution in [0.5, 0.6) is 0 Å². The van der Waals surface area contributed by atoms with Crippen molar-refractivity contribution < 1.29 is 17.9 Å². The van der Waals surface area contributed by atoms with Crippen molar-refractivity contribution in [3.05, 3.63) is 0 Å². The van der Waals surface area contributed by atoms with Crippen LogP contribution in [0.3, 0.4) is 0 Å². The van der Waals surface area contributed by atoms with Crippen molar-refractivity contribution in [1.82, 2.24) is 4.90 Å². The van der Waals surface area contributed by atoms with Gasteiger partial charge in [-0.25, -0.2) is 0 Å². The van der Waals surface area contributed by atoms with Crippen LogP contribution in [0, 0.1) is 0 Å². The average Bonchev–Trinajstić information content (AvgIpc) is 2.12. The van der Waals surface area contributed by atoms with Gasteiger partial charge in [-0.05, 0) is 33.0 Å². The van der Waals surface area contributed by atoms with Crippen molar-refractivity contribution in [1.29, 1.82) is 0 Å². The molecule has 0 aliphatic carbocycles. The third-order valence-electron chi connectivity index (χ3n) is 1.84. The average molecular weight is 228 g/mol. The summed E-state index contributed by atoms with van der Waals surface area (Å²) < 4.78 is 39.5. The van der Waals surface area contributed by atoms with Gasteiger partial charge in [0.05, 0.1) is 0 Å². The van der Waals surface area contributed by atoms with E-state index in [-0.39, 0.29) is 6.61 Å². The lowest BCUT2D eigenvalue weighted by Gasteiger charge is -2.15. The van der Waals surface area contributed by atoms with Gasteiger partial charge in [-0.15, -0.1) is 0 Å². The Morgan fingerprint density at radius 3 is 2.33 bits per heavy atom. The molecule has 0 amide bonds. The van der Waals surface area contributed by atoms with Crippen LogP contribution >= 0.6 is 0 Å². The van der Waals surface area contributed by atoms with Gasteiger partial charge in [0.15, 0.2) is 0 Å². The summed E-state index contributed by atoms with van der Waals surface area (Å²) in [6.07, 6.45) is -2.71. The van der Waals surface area contributed by atoms with Gasteiger partial charge in [0, 0.05) is 13.2 Å². The van der Waals surface area contributed by atoms with E-state index in [9.17, 15) is 13.2 Å². The van der Waals surface area contributed by atoms with E-state index in [0.29, 0.717) is 13.0 Å². The first kappa shape index (κ1) is 14.7. The van der Waals surface area contributed by atoms with Gasteiger partial charge in [0.25, 0.3) is 0 Å². The van der Waals surface area contributed by atoms with Gasteiger partial charge in [-0.1, -0.05) is 0 Å². The van der Waals surface area contributed by atoms with Gasteiger partial charge >= 0.3 is 6.18 Å².